The van der Waals surface area contributed by atoms with E-state index in [9.17, 15) is 0 Å². The Morgan fingerprint density at radius 1 is 1.05 bits per heavy atom. The number of thioether (sulfide) groups is 1. The van der Waals surface area contributed by atoms with Gasteiger partial charge in [-0.05, 0) is 10.8 Å². The molecular weight excluding hydrogens is 320 g/mol. The molecule has 2 nitrogen and oxygen atoms in total. The van der Waals surface area contributed by atoms with E-state index in [2.05, 4.69) is 57.8 Å². The van der Waals surface area contributed by atoms with Gasteiger partial charge in [0.1, 0.15) is 0 Å². The Balaban J connectivity index is 0.00000110. The normalized spacial score (nSPS) is 16.9. The van der Waals surface area contributed by atoms with Crippen LogP contribution in [0.5, 0.6) is 0 Å². The lowest BCUT2D eigenvalue weighted by Gasteiger charge is -2.18. The van der Waals surface area contributed by atoms with Crippen molar-refractivity contribution in [1.29, 1.82) is 0 Å². The lowest BCUT2D eigenvalue weighted by Crippen LogP contribution is -2.19. The molecule has 2 heterocycles. The number of aliphatic imine (C=N–C) groups is 1. The number of amidine groups is 1. The minimum atomic E-state index is 0. The molecular formula is C15H13BrN2S. The van der Waals surface area contributed by atoms with Gasteiger partial charge in [0.25, 0.3) is 0 Å². The van der Waals surface area contributed by atoms with Gasteiger partial charge in [0.05, 0.1) is 12.2 Å². The summed E-state index contributed by atoms with van der Waals surface area (Å²) in [4.78, 5) is 6.83. The molecule has 4 rings (SSSR count). The van der Waals surface area contributed by atoms with Crippen LogP contribution in [0.25, 0.3) is 16.5 Å². The number of nitrogens with zero attached hydrogens (tertiary/aromatic N) is 2. The van der Waals surface area contributed by atoms with E-state index < -0.39 is 0 Å². The largest absolute Gasteiger partial charge is 0.318 e. The Kier molecular flexibility index (Phi) is 3.37. The van der Waals surface area contributed by atoms with Crippen LogP contribution < -0.4 is 0 Å². The van der Waals surface area contributed by atoms with Gasteiger partial charge < -0.3 is 4.90 Å². The van der Waals surface area contributed by atoms with Gasteiger partial charge in [-0.3, -0.25) is 4.99 Å². The molecule has 0 unspecified atom stereocenters. The molecule has 0 aliphatic carbocycles. The third-order valence-corrected chi connectivity index (χ3v) is 4.34. The van der Waals surface area contributed by atoms with Gasteiger partial charge in [-0.1, -0.05) is 54.2 Å². The van der Waals surface area contributed by atoms with Crippen molar-refractivity contribution in [3.63, 3.8) is 0 Å². The molecule has 0 fully saturated rings. The zero-order valence-electron chi connectivity index (χ0n) is 10.2. The summed E-state index contributed by atoms with van der Waals surface area (Å²) in [5.41, 5.74) is 2.61. The molecule has 2 aromatic carbocycles. The van der Waals surface area contributed by atoms with Gasteiger partial charge in [-0.2, -0.15) is 0 Å². The standard InChI is InChI=1S/C15H12N2S.BrH/c1-2-6-12-11(4-1)5-3-7-13(12)14-10-18-15-16-8-9-17(14)15;/h1-7,10H,8-9H2;1H. The van der Waals surface area contributed by atoms with E-state index in [-0.39, 0.29) is 17.0 Å². The maximum absolute atomic E-state index is 4.51. The second kappa shape index (κ2) is 5.02. The fraction of sp³-hybridized carbons (Fsp3) is 0.133. The number of rotatable bonds is 1. The molecule has 96 valence electrons. The highest BCUT2D eigenvalue weighted by Crippen LogP contribution is 2.37. The summed E-state index contributed by atoms with van der Waals surface area (Å²) in [6.07, 6.45) is 0. The molecule has 0 bridgehead atoms. The van der Waals surface area contributed by atoms with E-state index in [1.807, 2.05) is 0 Å². The summed E-state index contributed by atoms with van der Waals surface area (Å²) in [5.74, 6) is 0. The van der Waals surface area contributed by atoms with Crippen molar-refractivity contribution in [1.82, 2.24) is 4.90 Å². The molecule has 0 amide bonds. The third-order valence-electron chi connectivity index (χ3n) is 3.43. The van der Waals surface area contributed by atoms with Crippen molar-refractivity contribution in [2.75, 3.05) is 13.1 Å². The lowest BCUT2D eigenvalue weighted by molar-refractivity contribution is 0.650. The van der Waals surface area contributed by atoms with Crippen molar-refractivity contribution in [2.45, 2.75) is 0 Å². The van der Waals surface area contributed by atoms with Crippen LogP contribution in [0, 0.1) is 0 Å². The maximum Gasteiger partial charge on any atom is 0.168 e. The lowest BCUT2D eigenvalue weighted by atomic mass is 10.0. The van der Waals surface area contributed by atoms with Crippen LogP contribution in [0.1, 0.15) is 5.56 Å². The Morgan fingerprint density at radius 3 is 2.84 bits per heavy atom. The summed E-state index contributed by atoms with van der Waals surface area (Å²) in [6.45, 7) is 1.93. The Bertz CT molecular complexity index is 688. The molecule has 2 aliphatic heterocycles. The predicted molar refractivity (Wildman–Crippen MR) is 88.8 cm³/mol. The van der Waals surface area contributed by atoms with Crippen molar-refractivity contribution in [3.8, 4) is 0 Å². The first-order valence-electron chi connectivity index (χ1n) is 6.10. The molecule has 4 heteroatoms. The van der Waals surface area contributed by atoms with Crippen LogP contribution in [-0.2, 0) is 0 Å². The minimum Gasteiger partial charge on any atom is -0.318 e. The van der Waals surface area contributed by atoms with Crippen LogP contribution in [0.15, 0.2) is 52.9 Å². The highest BCUT2D eigenvalue weighted by Gasteiger charge is 2.27. The van der Waals surface area contributed by atoms with Crippen molar-refractivity contribution in [2.24, 2.45) is 4.99 Å². The molecule has 2 aromatic rings. The molecule has 0 radical (unpaired) electrons. The molecule has 0 spiro atoms. The highest BCUT2D eigenvalue weighted by atomic mass is 79.9. The third kappa shape index (κ3) is 1.99. The summed E-state index contributed by atoms with van der Waals surface area (Å²) in [6, 6.07) is 15.1. The van der Waals surface area contributed by atoms with Crippen LogP contribution in [0.3, 0.4) is 0 Å². The monoisotopic (exact) mass is 332 g/mol. The van der Waals surface area contributed by atoms with Crippen LogP contribution in [0.2, 0.25) is 0 Å². The molecule has 2 aliphatic rings. The van der Waals surface area contributed by atoms with E-state index in [1.165, 1.54) is 22.0 Å². The van der Waals surface area contributed by atoms with Gasteiger partial charge >= 0.3 is 0 Å². The number of halogens is 1. The first-order chi connectivity index (χ1) is 8.93. The van der Waals surface area contributed by atoms with Gasteiger partial charge in [0.15, 0.2) is 5.17 Å². The molecule has 0 saturated carbocycles. The summed E-state index contributed by atoms with van der Waals surface area (Å²) in [5, 5.41) is 5.99. The number of hydrogen-bond donors (Lipinski definition) is 0. The molecule has 0 N–H and O–H groups in total. The van der Waals surface area contributed by atoms with E-state index in [0.29, 0.717) is 0 Å². The Hall–Kier alpha value is -1.26. The predicted octanol–water partition coefficient (Wildman–Crippen LogP) is 4.13. The average molecular weight is 333 g/mol. The maximum atomic E-state index is 4.51. The Labute approximate surface area is 127 Å². The first kappa shape index (κ1) is 12.8. The van der Waals surface area contributed by atoms with Crippen LogP contribution in [0.4, 0.5) is 0 Å². The highest BCUT2D eigenvalue weighted by molar-refractivity contribution is 8.93. The van der Waals surface area contributed by atoms with Gasteiger partial charge in [-0.15, -0.1) is 17.0 Å². The SMILES string of the molecule is Br.C1=C(c2cccc3ccccc23)N2CCN=C2S1. The van der Waals surface area contributed by atoms with E-state index in [4.69, 9.17) is 0 Å². The fourth-order valence-electron chi connectivity index (χ4n) is 2.58. The topological polar surface area (TPSA) is 15.6 Å². The van der Waals surface area contributed by atoms with E-state index in [1.54, 1.807) is 11.8 Å². The van der Waals surface area contributed by atoms with E-state index >= 15 is 0 Å². The van der Waals surface area contributed by atoms with Crippen molar-refractivity contribution < 1.29 is 0 Å². The second-order valence-electron chi connectivity index (χ2n) is 4.46. The fourth-order valence-corrected chi connectivity index (χ4v) is 3.53. The summed E-state index contributed by atoms with van der Waals surface area (Å²) < 4.78 is 0. The quantitative estimate of drug-likeness (QED) is 0.780. The van der Waals surface area contributed by atoms with Gasteiger partial charge in [0.2, 0.25) is 0 Å². The molecule has 0 atom stereocenters. The van der Waals surface area contributed by atoms with Crippen molar-refractivity contribution in [3.05, 3.63) is 53.4 Å². The zero-order valence-corrected chi connectivity index (χ0v) is 12.8. The summed E-state index contributed by atoms with van der Waals surface area (Å²) in [7, 11) is 0. The second-order valence-corrected chi connectivity index (χ2v) is 5.30. The number of benzene rings is 2. The summed E-state index contributed by atoms with van der Waals surface area (Å²) >= 11 is 1.74. The molecule has 0 saturated heterocycles. The Morgan fingerprint density at radius 2 is 1.89 bits per heavy atom. The van der Waals surface area contributed by atoms with Gasteiger partial charge in [-0.25, -0.2) is 0 Å². The van der Waals surface area contributed by atoms with Gasteiger partial charge in [0, 0.05) is 17.5 Å². The molecule has 19 heavy (non-hydrogen) atoms. The zero-order chi connectivity index (χ0) is 11.9. The number of fused-ring (bicyclic) bond motifs is 2. The smallest absolute Gasteiger partial charge is 0.168 e. The minimum absolute atomic E-state index is 0. The average Bonchev–Trinajstić information content (AvgIpc) is 3.01. The number of hydrogen-bond acceptors (Lipinski definition) is 3. The molecule has 0 aromatic heterocycles. The van der Waals surface area contributed by atoms with Crippen LogP contribution in [-0.4, -0.2) is 23.2 Å². The van der Waals surface area contributed by atoms with E-state index in [0.717, 1.165) is 18.3 Å². The van der Waals surface area contributed by atoms with Crippen LogP contribution >= 0.6 is 28.7 Å². The van der Waals surface area contributed by atoms with Crippen molar-refractivity contribution >= 4 is 50.4 Å². The first-order valence-corrected chi connectivity index (χ1v) is 6.98.